The summed E-state index contributed by atoms with van der Waals surface area (Å²) in [6, 6.07) is 13.4. The van der Waals surface area contributed by atoms with Gasteiger partial charge in [-0.1, -0.05) is 36.9 Å². The van der Waals surface area contributed by atoms with Gasteiger partial charge in [-0.25, -0.2) is 4.39 Å². The van der Waals surface area contributed by atoms with Crippen molar-refractivity contribution in [1.82, 2.24) is 19.8 Å². The van der Waals surface area contributed by atoms with Gasteiger partial charge >= 0.3 is 6.01 Å². The lowest BCUT2D eigenvalue weighted by atomic mass is 9.99. The molecule has 3 fully saturated rings. The molecule has 2 aromatic carbocycles. The Morgan fingerprint density at radius 1 is 0.977 bits per heavy atom. The van der Waals surface area contributed by atoms with Crippen LogP contribution in [0.5, 0.6) is 6.01 Å². The SMILES string of the molecule is C=C(F)C(=O)N1CCN(c2nc(OCC3(CN4CCCC4)CC3)nc3c2CCN(c2cccc4cccc(C)c24)C3)CC1. The fraction of sp³-hybridized carbons (Fsp3) is 0.500. The van der Waals surface area contributed by atoms with E-state index in [0.717, 1.165) is 36.6 Å². The van der Waals surface area contributed by atoms with E-state index in [-0.39, 0.29) is 5.41 Å². The van der Waals surface area contributed by atoms with E-state index in [1.165, 1.54) is 65.7 Å². The smallest absolute Gasteiger partial charge is 0.318 e. The Morgan fingerprint density at radius 3 is 2.44 bits per heavy atom. The zero-order chi connectivity index (χ0) is 29.6. The van der Waals surface area contributed by atoms with Crippen LogP contribution in [-0.4, -0.2) is 84.6 Å². The number of benzene rings is 2. The highest BCUT2D eigenvalue weighted by atomic mass is 19.1. The third-order valence-corrected chi connectivity index (χ3v) is 9.78. The number of aryl methyl sites for hydroxylation is 1. The van der Waals surface area contributed by atoms with Crippen molar-refractivity contribution in [2.45, 2.75) is 45.6 Å². The number of carbonyl (C=O) groups is 1. The Kier molecular flexibility index (Phi) is 7.45. The Morgan fingerprint density at radius 2 is 1.72 bits per heavy atom. The van der Waals surface area contributed by atoms with Crippen LogP contribution in [0.1, 0.15) is 42.5 Å². The van der Waals surface area contributed by atoms with E-state index in [2.05, 4.69) is 64.6 Å². The summed E-state index contributed by atoms with van der Waals surface area (Å²) in [4.78, 5) is 31.0. The van der Waals surface area contributed by atoms with Crippen molar-refractivity contribution >= 4 is 28.2 Å². The summed E-state index contributed by atoms with van der Waals surface area (Å²) in [6.07, 6.45) is 5.77. The summed E-state index contributed by atoms with van der Waals surface area (Å²) >= 11 is 0. The van der Waals surface area contributed by atoms with E-state index in [1.54, 1.807) is 0 Å². The number of likely N-dealkylation sites (tertiary alicyclic amines) is 1. The van der Waals surface area contributed by atoms with E-state index in [0.29, 0.717) is 45.3 Å². The Balaban J connectivity index is 1.17. The molecule has 8 nitrogen and oxygen atoms in total. The van der Waals surface area contributed by atoms with Crippen molar-refractivity contribution in [2.24, 2.45) is 5.41 Å². The molecular formula is C34H41FN6O2. The molecule has 1 saturated carbocycles. The molecule has 1 aliphatic carbocycles. The van der Waals surface area contributed by atoms with Crippen molar-refractivity contribution in [3.05, 3.63) is 65.6 Å². The molecule has 1 aromatic heterocycles. The molecule has 4 aliphatic rings. The van der Waals surface area contributed by atoms with Crippen molar-refractivity contribution in [3.8, 4) is 6.01 Å². The van der Waals surface area contributed by atoms with Crippen LogP contribution in [0.2, 0.25) is 0 Å². The molecule has 3 aliphatic heterocycles. The van der Waals surface area contributed by atoms with Crippen LogP contribution >= 0.6 is 0 Å². The standard InChI is InChI=1S/C34H41FN6O2/c1-24-7-5-8-26-9-6-10-29(30(24)26)41-16-11-27-28(21-41)36-33(43-23-34(12-13-34)22-38-14-3-4-15-38)37-31(27)39-17-19-40(20-18-39)32(42)25(2)35/h5-10H,2-4,11-23H2,1H3. The molecule has 9 heteroatoms. The number of halogens is 1. The number of hydrogen-bond acceptors (Lipinski definition) is 7. The number of carbonyl (C=O) groups excluding carboxylic acids is 1. The topological polar surface area (TPSA) is 65.0 Å². The summed E-state index contributed by atoms with van der Waals surface area (Å²) in [7, 11) is 0. The number of ether oxygens (including phenoxy) is 1. The molecule has 2 saturated heterocycles. The fourth-order valence-electron chi connectivity index (χ4n) is 7.14. The van der Waals surface area contributed by atoms with Crippen molar-refractivity contribution in [2.75, 3.05) is 68.8 Å². The van der Waals surface area contributed by atoms with Crippen LogP contribution in [0.15, 0.2) is 48.8 Å². The molecule has 0 N–H and O–H groups in total. The molecular weight excluding hydrogens is 543 g/mol. The molecule has 0 spiro atoms. The van der Waals surface area contributed by atoms with Gasteiger partial charge in [0, 0.05) is 61.3 Å². The number of aromatic nitrogens is 2. The van der Waals surface area contributed by atoms with Gasteiger partial charge in [0.25, 0.3) is 5.91 Å². The third kappa shape index (κ3) is 5.67. The average Bonchev–Trinajstić information content (AvgIpc) is 3.60. The van der Waals surface area contributed by atoms with Gasteiger partial charge in [0.05, 0.1) is 18.8 Å². The molecule has 1 amide bonds. The van der Waals surface area contributed by atoms with Gasteiger partial charge in [-0.2, -0.15) is 9.97 Å². The van der Waals surface area contributed by atoms with Gasteiger partial charge in [-0.3, -0.25) is 4.79 Å². The summed E-state index contributed by atoms with van der Waals surface area (Å²) in [6.45, 7) is 13.0. The third-order valence-electron chi connectivity index (χ3n) is 9.78. The second-order valence-electron chi connectivity index (χ2n) is 12.8. The first kappa shape index (κ1) is 28.1. The maximum Gasteiger partial charge on any atom is 0.318 e. The maximum atomic E-state index is 13.5. The van der Waals surface area contributed by atoms with Crippen molar-refractivity contribution < 1.29 is 13.9 Å². The Bertz CT molecular complexity index is 1540. The number of amides is 1. The molecule has 0 radical (unpaired) electrons. The second-order valence-corrected chi connectivity index (χ2v) is 12.8. The maximum absolute atomic E-state index is 13.5. The highest BCUT2D eigenvalue weighted by molar-refractivity contribution is 5.97. The van der Waals surface area contributed by atoms with Crippen LogP contribution < -0.4 is 14.5 Å². The number of piperazine rings is 1. The van der Waals surface area contributed by atoms with Gasteiger partial charge in [-0.05, 0) is 69.1 Å². The first-order valence-corrected chi connectivity index (χ1v) is 15.8. The van der Waals surface area contributed by atoms with E-state index < -0.39 is 11.7 Å². The van der Waals surface area contributed by atoms with Gasteiger partial charge < -0.3 is 24.3 Å². The largest absolute Gasteiger partial charge is 0.463 e. The minimum Gasteiger partial charge on any atom is -0.463 e. The Hall–Kier alpha value is -3.72. The monoisotopic (exact) mass is 584 g/mol. The van der Waals surface area contributed by atoms with Crippen molar-refractivity contribution in [3.63, 3.8) is 0 Å². The first-order valence-electron chi connectivity index (χ1n) is 15.8. The number of rotatable bonds is 8. The minimum absolute atomic E-state index is 0.205. The van der Waals surface area contributed by atoms with E-state index in [4.69, 9.17) is 14.7 Å². The van der Waals surface area contributed by atoms with Crippen LogP contribution in [0, 0.1) is 12.3 Å². The van der Waals surface area contributed by atoms with E-state index >= 15 is 0 Å². The van der Waals surface area contributed by atoms with Crippen LogP contribution in [0.25, 0.3) is 10.8 Å². The molecule has 4 heterocycles. The first-order chi connectivity index (χ1) is 20.9. The Labute approximate surface area is 253 Å². The zero-order valence-corrected chi connectivity index (χ0v) is 25.2. The summed E-state index contributed by atoms with van der Waals surface area (Å²) in [5.41, 5.74) is 4.84. The predicted molar refractivity (Wildman–Crippen MR) is 167 cm³/mol. The van der Waals surface area contributed by atoms with E-state index in [9.17, 15) is 9.18 Å². The second kappa shape index (κ2) is 11.4. The quantitative estimate of drug-likeness (QED) is 0.350. The van der Waals surface area contributed by atoms with Gasteiger partial charge in [-0.15, -0.1) is 0 Å². The normalized spacial score (nSPS) is 19.9. The van der Waals surface area contributed by atoms with E-state index in [1.807, 2.05) is 0 Å². The number of fused-ring (bicyclic) bond motifs is 2. The van der Waals surface area contributed by atoms with Crippen LogP contribution in [0.3, 0.4) is 0 Å². The average molecular weight is 585 g/mol. The molecule has 43 heavy (non-hydrogen) atoms. The lowest BCUT2D eigenvalue weighted by Gasteiger charge is -2.38. The highest BCUT2D eigenvalue weighted by Crippen LogP contribution is 2.47. The molecule has 0 atom stereocenters. The summed E-state index contributed by atoms with van der Waals surface area (Å²) in [5.74, 6) is -0.637. The van der Waals surface area contributed by atoms with Gasteiger partial charge in [0.2, 0.25) is 0 Å². The van der Waals surface area contributed by atoms with Crippen LogP contribution in [0.4, 0.5) is 15.9 Å². The van der Waals surface area contributed by atoms with Gasteiger partial charge in [0.1, 0.15) is 5.82 Å². The number of nitrogens with zero attached hydrogens (tertiary/aromatic N) is 6. The number of anilines is 2. The molecule has 3 aromatic rings. The molecule has 0 bridgehead atoms. The van der Waals surface area contributed by atoms with Crippen molar-refractivity contribution in [1.29, 1.82) is 0 Å². The summed E-state index contributed by atoms with van der Waals surface area (Å²) < 4.78 is 20.0. The fourth-order valence-corrected chi connectivity index (χ4v) is 7.14. The van der Waals surface area contributed by atoms with Gasteiger partial charge in [0.15, 0.2) is 5.83 Å². The lowest BCUT2D eigenvalue weighted by molar-refractivity contribution is -0.128. The molecule has 226 valence electrons. The predicted octanol–water partition coefficient (Wildman–Crippen LogP) is 4.89. The highest BCUT2D eigenvalue weighted by Gasteiger charge is 2.45. The lowest BCUT2D eigenvalue weighted by Crippen LogP contribution is -2.49. The zero-order valence-electron chi connectivity index (χ0n) is 25.2. The summed E-state index contributed by atoms with van der Waals surface area (Å²) in [5, 5.41) is 2.53. The van der Waals surface area contributed by atoms with Crippen LogP contribution in [-0.2, 0) is 17.8 Å². The molecule has 7 rings (SSSR count). The number of hydrogen-bond donors (Lipinski definition) is 0. The molecule has 0 unspecified atom stereocenters. The minimum atomic E-state index is -0.907.